The molecule has 0 fully saturated rings. The average Bonchev–Trinajstić information content (AvgIpc) is 2.79. The topological polar surface area (TPSA) is 58.5 Å². The third-order valence-corrected chi connectivity index (χ3v) is 4.44. The molecule has 0 aliphatic rings. The van der Waals surface area contributed by atoms with Crippen LogP contribution in [0.3, 0.4) is 0 Å². The summed E-state index contributed by atoms with van der Waals surface area (Å²) in [6.07, 6.45) is 2.03. The summed E-state index contributed by atoms with van der Waals surface area (Å²) in [7, 11) is 1.78. The molecule has 134 valence electrons. The highest BCUT2D eigenvalue weighted by Gasteiger charge is 2.04. The first-order valence-electron chi connectivity index (χ1n) is 7.98. The number of aliphatic imine (C=N–C) groups is 1. The number of aromatic nitrogens is 1. The van der Waals surface area contributed by atoms with E-state index in [0.29, 0.717) is 12.5 Å². The molecule has 0 bridgehead atoms. The number of hydrogen-bond acceptors (Lipinski definition) is 4. The molecule has 7 heteroatoms. The van der Waals surface area contributed by atoms with E-state index < -0.39 is 0 Å². The van der Waals surface area contributed by atoms with Crippen LogP contribution in [-0.4, -0.2) is 44.3 Å². The zero-order valence-corrected chi connectivity index (χ0v) is 18.1. The van der Waals surface area contributed by atoms with E-state index in [-0.39, 0.29) is 24.0 Å². The Morgan fingerprint density at radius 2 is 1.91 bits per heavy atom. The Balaban J connectivity index is 0.00000484. The maximum Gasteiger partial charge on any atom is 0.191 e. The summed E-state index contributed by atoms with van der Waals surface area (Å²) >= 11 is 1.77. The minimum absolute atomic E-state index is 0. The molecule has 0 saturated carbocycles. The van der Waals surface area contributed by atoms with E-state index in [1.165, 1.54) is 9.88 Å². The number of nitrogens with one attached hydrogen (secondary N) is 2. The molecule has 2 N–H and O–H groups in total. The maximum absolute atomic E-state index is 5.58. The Kier molecular flexibility index (Phi) is 12.7. The Labute approximate surface area is 161 Å². The first-order chi connectivity index (χ1) is 10.5. The summed E-state index contributed by atoms with van der Waals surface area (Å²) < 4.78 is 5.58. The molecule has 0 unspecified atom stereocenters. The number of aryl methyl sites for hydroxylation is 2. The standard InChI is InChI=1S/C16H30N4OS.HI/c1-12(2)7-10-21-11-9-19-16(17-5)18-8-6-15-20-13(3)14(4)22-15;/h12H,6-11H2,1-5H3,(H2,17,18,19);1H. The van der Waals surface area contributed by atoms with Crippen LogP contribution in [-0.2, 0) is 11.2 Å². The Hall–Kier alpha value is -0.410. The molecule has 23 heavy (non-hydrogen) atoms. The van der Waals surface area contributed by atoms with Crippen molar-refractivity contribution in [1.29, 1.82) is 0 Å². The molecule has 0 spiro atoms. The third kappa shape index (κ3) is 10.1. The van der Waals surface area contributed by atoms with Gasteiger partial charge in [-0.05, 0) is 26.2 Å². The maximum atomic E-state index is 5.58. The number of ether oxygens (including phenoxy) is 1. The largest absolute Gasteiger partial charge is 0.380 e. The molecule has 0 aliphatic heterocycles. The van der Waals surface area contributed by atoms with Crippen LogP contribution >= 0.6 is 35.3 Å². The molecular weight excluding hydrogens is 423 g/mol. The van der Waals surface area contributed by atoms with Gasteiger partial charge in [-0.1, -0.05) is 13.8 Å². The van der Waals surface area contributed by atoms with Gasteiger partial charge in [-0.3, -0.25) is 4.99 Å². The van der Waals surface area contributed by atoms with Crippen LogP contribution in [0.1, 0.15) is 35.8 Å². The van der Waals surface area contributed by atoms with Gasteiger partial charge in [0.15, 0.2) is 5.96 Å². The molecule has 0 amide bonds. The van der Waals surface area contributed by atoms with Crippen molar-refractivity contribution >= 4 is 41.3 Å². The molecule has 0 saturated heterocycles. The van der Waals surface area contributed by atoms with Crippen molar-refractivity contribution in [2.75, 3.05) is 33.4 Å². The lowest BCUT2D eigenvalue weighted by atomic mass is 10.1. The summed E-state index contributed by atoms with van der Waals surface area (Å²) in [5, 5.41) is 7.74. The minimum atomic E-state index is 0. The number of guanidine groups is 1. The highest BCUT2D eigenvalue weighted by atomic mass is 127. The normalized spacial score (nSPS) is 11.5. The van der Waals surface area contributed by atoms with E-state index in [1.807, 2.05) is 0 Å². The lowest BCUT2D eigenvalue weighted by Crippen LogP contribution is -2.39. The number of hydrogen-bond donors (Lipinski definition) is 2. The van der Waals surface area contributed by atoms with Crippen molar-refractivity contribution in [2.24, 2.45) is 10.9 Å². The zero-order chi connectivity index (χ0) is 16.4. The first kappa shape index (κ1) is 22.6. The van der Waals surface area contributed by atoms with Gasteiger partial charge >= 0.3 is 0 Å². The van der Waals surface area contributed by atoms with Crippen LogP contribution in [0, 0.1) is 19.8 Å². The summed E-state index contributed by atoms with van der Waals surface area (Å²) in [5.41, 5.74) is 1.14. The zero-order valence-electron chi connectivity index (χ0n) is 14.9. The molecule has 0 aliphatic carbocycles. The predicted molar refractivity (Wildman–Crippen MR) is 110 cm³/mol. The van der Waals surface area contributed by atoms with E-state index in [2.05, 4.69) is 48.3 Å². The van der Waals surface area contributed by atoms with Crippen molar-refractivity contribution < 1.29 is 4.74 Å². The smallest absolute Gasteiger partial charge is 0.191 e. The van der Waals surface area contributed by atoms with E-state index in [1.54, 1.807) is 18.4 Å². The summed E-state index contributed by atoms with van der Waals surface area (Å²) in [6, 6.07) is 0. The van der Waals surface area contributed by atoms with Crippen molar-refractivity contribution in [2.45, 2.75) is 40.5 Å². The number of halogens is 1. The molecule has 1 aromatic heterocycles. The quantitative estimate of drug-likeness (QED) is 0.261. The summed E-state index contributed by atoms with van der Waals surface area (Å²) in [5.74, 6) is 1.51. The third-order valence-electron chi connectivity index (χ3n) is 3.31. The van der Waals surface area contributed by atoms with Gasteiger partial charge < -0.3 is 15.4 Å². The van der Waals surface area contributed by atoms with Crippen LogP contribution in [0.15, 0.2) is 4.99 Å². The molecule has 1 rings (SSSR count). The highest BCUT2D eigenvalue weighted by molar-refractivity contribution is 14.0. The molecule has 5 nitrogen and oxygen atoms in total. The van der Waals surface area contributed by atoms with Gasteiger partial charge in [-0.15, -0.1) is 35.3 Å². The molecule has 1 aromatic rings. The fourth-order valence-corrected chi connectivity index (χ4v) is 2.75. The predicted octanol–water partition coefficient (Wildman–Crippen LogP) is 3.15. The average molecular weight is 454 g/mol. The number of nitrogens with zero attached hydrogens (tertiary/aromatic N) is 2. The van der Waals surface area contributed by atoms with E-state index in [9.17, 15) is 0 Å². The van der Waals surface area contributed by atoms with Crippen LogP contribution in [0.5, 0.6) is 0 Å². The first-order valence-corrected chi connectivity index (χ1v) is 8.79. The van der Waals surface area contributed by atoms with Crippen LogP contribution in [0.25, 0.3) is 0 Å². The van der Waals surface area contributed by atoms with E-state index >= 15 is 0 Å². The Morgan fingerprint density at radius 1 is 1.22 bits per heavy atom. The van der Waals surface area contributed by atoms with Crippen LogP contribution < -0.4 is 10.6 Å². The number of rotatable bonds is 9. The number of thiazole rings is 1. The van der Waals surface area contributed by atoms with Crippen LogP contribution in [0.4, 0.5) is 0 Å². The second-order valence-electron chi connectivity index (χ2n) is 5.72. The Bertz CT molecular complexity index is 443. The van der Waals surface area contributed by atoms with Crippen LogP contribution in [0.2, 0.25) is 0 Å². The lowest BCUT2D eigenvalue weighted by molar-refractivity contribution is 0.128. The van der Waals surface area contributed by atoms with Gasteiger partial charge in [0, 0.05) is 38.0 Å². The molecular formula is C16H31IN4OS. The summed E-state index contributed by atoms with van der Waals surface area (Å²) in [6.45, 7) is 11.7. The van der Waals surface area contributed by atoms with Gasteiger partial charge in [0.25, 0.3) is 0 Å². The second kappa shape index (κ2) is 12.9. The van der Waals surface area contributed by atoms with E-state index in [4.69, 9.17) is 4.74 Å². The van der Waals surface area contributed by atoms with Gasteiger partial charge in [0.1, 0.15) is 0 Å². The van der Waals surface area contributed by atoms with Gasteiger partial charge in [0.05, 0.1) is 17.3 Å². The highest BCUT2D eigenvalue weighted by Crippen LogP contribution is 2.16. The fraction of sp³-hybridized carbons (Fsp3) is 0.750. The van der Waals surface area contributed by atoms with Crippen molar-refractivity contribution in [1.82, 2.24) is 15.6 Å². The Morgan fingerprint density at radius 3 is 2.48 bits per heavy atom. The van der Waals surface area contributed by atoms with Gasteiger partial charge in [0.2, 0.25) is 0 Å². The van der Waals surface area contributed by atoms with Crippen molar-refractivity contribution in [3.8, 4) is 0 Å². The molecule has 0 aromatic carbocycles. The van der Waals surface area contributed by atoms with Gasteiger partial charge in [-0.2, -0.15) is 0 Å². The monoisotopic (exact) mass is 454 g/mol. The fourth-order valence-electron chi connectivity index (χ4n) is 1.82. The summed E-state index contributed by atoms with van der Waals surface area (Å²) in [4.78, 5) is 10.1. The molecule has 0 atom stereocenters. The minimum Gasteiger partial charge on any atom is -0.380 e. The lowest BCUT2D eigenvalue weighted by Gasteiger charge is -2.12. The second-order valence-corrected chi connectivity index (χ2v) is 7.01. The van der Waals surface area contributed by atoms with Gasteiger partial charge in [-0.25, -0.2) is 4.98 Å². The SMILES string of the molecule is CN=C(NCCOCCC(C)C)NCCc1nc(C)c(C)s1.I. The van der Waals surface area contributed by atoms with Crippen molar-refractivity contribution in [3.05, 3.63) is 15.6 Å². The van der Waals surface area contributed by atoms with E-state index in [0.717, 1.165) is 44.2 Å². The molecule has 1 heterocycles. The molecule has 0 radical (unpaired) electrons. The van der Waals surface area contributed by atoms with Crippen molar-refractivity contribution in [3.63, 3.8) is 0 Å².